The molecule has 0 saturated heterocycles. The molecule has 0 radical (unpaired) electrons. The maximum Gasteiger partial charge on any atom is 0.430 e. The number of benzene rings is 1. The van der Waals surface area contributed by atoms with E-state index in [1.165, 1.54) is 6.92 Å². The minimum Gasteiger partial charge on any atom is -0.395 e. The molecule has 2 N–H and O–H groups in total. The zero-order valence-electron chi connectivity index (χ0n) is 12.2. The number of alkyl halides is 6. The topological polar surface area (TPSA) is 43.1 Å². The van der Waals surface area contributed by atoms with Gasteiger partial charge in [-0.2, -0.15) is 26.3 Å². The summed E-state index contributed by atoms with van der Waals surface area (Å²) in [5.41, 5.74) is 2.97. The molecular formula is C14H12F7NOS. The fourth-order valence-electron chi connectivity index (χ4n) is 1.64. The van der Waals surface area contributed by atoms with E-state index < -0.39 is 41.8 Å². The molecule has 1 aromatic carbocycles. The van der Waals surface area contributed by atoms with Crippen molar-refractivity contribution in [2.24, 2.45) is 5.73 Å². The molecule has 1 rings (SSSR count). The molecule has 1 aromatic rings. The van der Waals surface area contributed by atoms with Gasteiger partial charge in [0.25, 0.3) is 0 Å². The lowest BCUT2D eigenvalue weighted by Crippen LogP contribution is -2.21. The minimum atomic E-state index is -4.89. The number of rotatable bonds is 5. The van der Waals surface area contributed by atoms with Crippen LogP contribution in [0, 0.1) is 12.7 Å². The fraction of sp³-hybridized carbons (Fsp3) is 0.357. The Kier molecular flexibility index (Phi) is 6.32. The van der Waals surface area contributed by atoms with Gasteiger partial charge in [-0.25, -0.2) is 4.39 Å². The fourth-order valence-corrected chi connectivity index (χ4v) is 2.47. The molecule has 134 valence electrons. The molecular weight excluding hydrogens is 363 g/mol. The molecule has 2 nitrogen and oxygen atoms in total. The summed E-state index contributed by atoms with van der Waals surface area (Å²) in [5, 5.41) is 0. The summed E-state index contributed by atoms with van der Waals surface area (Å²) in [7, 11) is 0. The second-order valence-electron chi connectivity index (χ2n) is 4.85. The first-order valence-corrected chi connectivity index (χ1v) is 7.34. The van der Waals surface area contributed by atoms with Gasteiger partial charge in [0.05, 0.1) is 5.75 Å². The van der Waals surface area contributed by atoms with Crippen molar-refractivity contribution in [1.29, 1.82) is 0 Å². The number of carbonyl (C=O) groups excluding carboxylic acids is 1. The molecule has 0 unspecified atom stereocenters. The average molecular weight is 375 g/mol. The number of halogens is 7. The molecule has 0 aliphatic rings. The highest BCUT2D eigenvalue weighted by molar-refractivity contribution is 7.99. The van der Waals surface area contributed by atoms with E-state index in [9.17, 15) is 35.5 Å². The molecule has 0 amide bonds. The van der Waals surface area contributed by atoms with E-state index in [1.54, 1.807) is 0 Å². The third-order valence-electron chi connectivity index (χ3n) is 2.74. The zero-order chi connectivity index (χ0) is 18.7. The number of aryl methyl sites for hydroxylation is 1. The second kappa shape index (κ2) is 7.45. The van der Waals surface area contributed by atoms with Crippen LogP contribution in [0.25, 0.3) is 0 Å². The van der Waals surface area contributed by atoms with Gasteiger partial charge in [0.15, 0.2) is 5.78 Å². The second-order valence-corrected chi connectivity index (χ2v) is 5.87. The molecule has 0 fully saturated rings. The van der Waals surface area contributed by atoms with Crippen LogP contribution in [0.1, 0.15) is 11.1 Å². The SMILES string of the molecule is Cc1cc(F)c(CC(=O)/C=C(\N)C(F)(F)F)cc1SCC(F)(F)F. The lowest BCUT2D eigenvalue weighted by molar-refractivity contribution is -0.115. The smallest absolute Gasteiger partial charge is 0.395 e. The maximum atomic E-state index is 13.8. The van der Waals surface area contributed by atoms with Gasteiger partial charge in [-0.15, -0.1) is 11.8 Å². The summed E-state index contributed by atoms with van der Waals surface area (Å²) in [6.07, 6.45) is -9.95. The quantitative estimate of drug-likeness (QED) is 0.474. The van der Waals surface area contributed by atoms with E-state index in [1.807, 2.05) is 0 Å². The van der Waals surface area contributed by atoms with Gasteiger partial charge in [-0.1, -0.05) is 0 Å². The molecule has 24 heavy (non-hydrogen) atoms. The Bertz CT molecular complexity index is 650. The van der Waals surface area contributed by atoms with Crippen molar-refractivity contribution in [2.75, 3.05) is 5.75 Å². The van der Waals surface area contributed by atoms with Crippen molar-refractivity contribution in [3.63, 3.8) is 0 Å². The molecule has 0 atom stereocenters. The van der Waals surface area contributed by atoms with Gasteiger partial charge >= 0.3 is 12.4 Å². The van der Waals surface area contributed by atoms with Gasteiger partial charge in [0, 0.05) is 17.4 Å². The lowest BCUT2D eigenvalue weighted by Gasteiger charge is -2.11. The van der Waals surface area contributed by atoms with E-state index in [0.717, 1.165) is 12.1 Å². The molecule has 0 aliphatic heterocycles. The van der Waals surface area contributed by atoms with E-state index in [4.69, 9.17) is 0 Å². The lowest BCUT2D eigenvalue weighted by atomic mass is 10.1. The normalized spacial score (nSPS) is 13.2. The van der Waals surface area contributed by atoms with Crippen molar-refractivity contribution < 1.29 is 35.5 Å². The van der Waals surface area contributed by atoms with Crippen LogP contribution in [0.5, 0.6) is 0 Å². The average Bonchev–Trinajstić information content (AvgIpc) is 2.38. The third kappa shape index (κ3) is 6.42. The Balaban J connectivity index is 2.98. The maximum absolute atomic E-state index is 13.8. The largest absolute Gasteiger partial charge is 0.430 e. The minimum absolute atomic E-state index is 0.0873. The number of thioether (sulfide) groups is 1. The predicted molar refractivity (Wildman–Crippen MR) is 75.0 cm³/mol. The Hall–Kier alpha value is -1.71. The Morgan fingerprint density at radius 2 is 1.79 bits per heavy atom. The van der Waals surface area contributed by atoms with Gasteiger partial charge in [-0.05, 0) is 30.2 Å². The first-order chi connectivity index (χ1) is 10.8. The highest BCUT2D eigenvalue weighted by atomic mass is 32.2. The van der Waals surface area contributed by atoms with Crippen molar-refractivity contribution in [2.45, 2.75) is 30.6 Å². The summed E-state index contributed by atoms with van der Waals surface area (Å²) >= 11 is 0.399. The Morgan fingerprint density at radius 3 is 2.29 bits per heavy atom. The molecule has 0 saturated carbocycles. The van der Waals surface area contributed by atoms with Crippen LogP contribution >= 0.6 is 11.8 Å². The van der Waals surface area contributed by atoms with E-state index >= 15 is 0 Å². The predicted octanol–water partition coefficient (Wildman–Crippen LogP) is 4.31. The summed E-state index contributed by atoms with van der Waals surface area (Å²) in [4.78, 5) is 11.6. The van der Waals surface area contributed by atoms with Crippen LogP contribution in [0.4, 0.5) is 30.7 Å². The van der Waals surface area contributed by atoms with Gasteiger partial charge in [0.1, 0.15) is 11.5 Å². The van der Waals surface area contributed by atoms with Crippen LogP contribution in [0.3, 0.4) is 0 Å². The van der Waals surface area contributed by atoms with Crippen molar-refractivity contribution in [1.82, 2.24) is 0 Å². The molecule has 0 spiro atoms. The highest BCUT2D eigenvalue weighted by Crippen LogP contribution is 2.31. The molecule has 0 bridgehead atoms. The summed E-state index contributed by atoms with van der Waals surface area (Å²) in [5.74, 6) is -3.22. The van der Waals surface area contributed by atoms with Crippen molar-refractivity contribution in [3.8, 4) is 0 Å². The molecule has 0 heterocycles. The monoisotopic (exact) mass is 375 g/mol. The Morgan fingerprint density at radius 1 is 1.21 bits per heavy atom. The molecule has 10 heteroatoms. The van der Waals surface area contributed by atoms with Crippen LogP contribution in [-0.2, 0) is 11.2 Å². The molecule has 0 aromatic heterocycles. The molecule has 0 aliphatic carbocycles. The van der Waals surface area contributed by atoms with Crippen molar-refractivity contribution >= 4 is 17.5 Å². The first-order valence-electron chi connectivity index (χ1n) is 6.35. The first kappa shape index (κ1) is 20.3. The highest BCUT2D eigenvalue weighted by Gasteiger charge is 2.32. The van der Waals surface area contributed by atoms with Gasteiger partial charge in [0.2, 0.25) is 0 Å². The summed E-state index contributed by atoms with van der Waals surface area (Å²) in [6.45, 7) is 1.38. The number of hydrogen-bond donors (Lipinski definition) is 1. The van der Waals surface area contributed by atoms with Gasteiger partial charge < -0.3 is 5.73 Å². The van der Waals surface area contributed by atoms with Gasteiger partial charge in [-0.3, -0.25) is 4.79 Å². The van der Waals surface area contributed by atoms with E-state index in [0.29, 0.717) is 11.8 Å². The summed E-state index contributed by atoms with van der Waals surface area (Å²) < 4.78 is 87.2. The van der Waals surface area contributed by atoms with Crippen LogP contribution in [-0.4, -0.2) is 23.9 Å². The third-order valence-corrected chi connectivity index (χ3v) is 3.97. The zero-order valence-corrected chi connectivity index (χ0v) is 13.0. The van der Waals surface area contributed by atoms with Crippen LogP contribution in [0.15, 0.2) is 28.8 Å². The number of carbonyl (C=O) groups is 1. The van der Waals surface area contributed by atoms with E-state index in [-0.39, 0.29) is 22.1 Å². The Labute approximate surface area is 136 Å². The number of nitrogens with two attached hydrogens (primary N) is 1. The number of hydrogen-bond acceptors (Lipinski definition) is 3. The number of allylic oxidation sites excluding steroid dienone is 2. The standard InChI is InChI=1S/C14H12F7NOS/c1-7-2-10(15)8(4-11(7)24-6-13(16,17)18)3-9(23)5-12(22)14(19,20)21/h2,4-5H,3,6,22H2,1H3/b12-5-. The van der Waals surface area contributed by atoms with E-state index in [2.05, 4.69) is 5.73 Å². The number of ketones is 1. The van der Waals surface area contributed by atoms with Crippen molar-refractivity contribution in [3.05, 3.63) is 40.8 Å². The summed E-state index contributed by atoms with van der Waals surface area (Å²) in [6, 6.07) is 1.95. The van der Waals surface area contributed by atoms with Crippen LogP contribution in [0.2, 0.25) is 0 Å². The van der Waals surface area contributed by atoms with Crippen LogP contribution < -0.4 is 5.73 Å².